The van der Waals surface area contributed by atoms with E-state index in [0.717, 1.165) is 38.2 Å². The van der Waals surface area contributed by atoms with Crippen LogP contribution >= 0.6 is 0 Å². The quantitative estimate of drug-likeness (QED) is 0.697. The first-order chi connectivity index (χ1) is 12.7. The number of likely N-dealkylation sites (tertiary alicyclic amines) is 1. The fourth-order valence-electron chi connectivity index (χ4n) is 3.98. The van der Waals surface area contributed by atoms with E-state index in [0.29, 0.717) is 19.8 Å². The lowest BCUT2D eigenvalue weighted by atomic mass is 9.74. The van der Waals surface area contributed by atoms with Gasteiger partial charge in [-0.25, -0.2) is 4.79 Å². The monoisotopic (exact) mass is 361 g/mol. The molecular weight excluding hydrogens is 330 g/mol. The number of nitrogens with one attached hydrogen (secondary N) is 1. The molecule has 26 heavy (non-hydrogen) atoms. The van der Waals surface area contributed by atoms with Crippen molar-refractivity contribution in [3.8, 4) is 5.75 Å². The summed E-state index contributed by atoms with van der Waals surface area (Å²) in [4.78, 5) is 13.7. The van der Waals surface area contributed by atoms with Crippen molar-refractivity contribution in [2.45, 2.75) is 37.5 Å². The van der Waals surface area contributed by atoms with Crippen LogP contribution in [0.4, 0.5) is 4.79 Å². The minimum atomic E-state index is -0.478. The van der Waals surface area contributed by atoms with E-state index in [1.165, 1.54) is 31.5 Å². The van der Waals surface area contributed by atoms with Gasteiger partial charge in [0.15, 0.2) is 0 Å². The number of hydrogen-bond donors (Lipinski definition) is 2. The van der Waals surface area contributed by atoms with Crippen LogP contribution in [-0.2, 0) is 10.2 Å². The first-order valence-electron chi connectivity index (χ1n) is 9.75. The van der Waals surface area contributed by atoms with Gasteiger partial charge in [0.05, 0.1) is 6.61 Å². The van der Waals surface area contributed by atoms with Crippen LogP contribution in [0, 0.1) is 0 Å². The molecule has 0 aromatic heterocycles. The molecule has 2 aliphatic heterocycles. The maximum atomic E-state index is 11.2. The van der Waals surface area contributed by atoms with Crippen molar-refractivity contribution in [2.24, 2.45) is 5.73 Å². The molecule has 1 aromatic carbocycles. The molecular formula is C20H31N3O3. The van der Waals surface area contributed by atoms with Crippen LogP contribution in [0.2, 0.25) is 0 Å². The second kappa shape index (κ2) is 9.24. The van der Waals surface area contributed by atoms with Crippen molar-refractivity contribution < 1.29 is 14.3 Å². The molecule has 6 nitrogen and oxygen atoms in total. The molecule has 2 fully saturated rings. The van der Waals surface area contributed by atoms with Crippen molar-refractivity contribution in [3.05, 3.63) is 29.8 Å². The Morgan fingerprint density at radius 3 is 2.54 bits per heavy atom. The largest absolute Gasteiger partial charge is 0.494 e. The van der Waals surface area contributed by atoms with Gasteiger partial charge in [-0.2, -0.15) is 0 Å². The lowest BCUT2D eigenvalue weighted by Crippen LogP contribution is -2.46. The molecule has 2 saturated heterocycles. The lowest BCUT2D eigenvalue weighted by Gasteiger charge is -2.37. The van der Waals surface area contributed by atoms with Gasteiger partial charge in [0.25, 0.3) is 0 Å². The number of ether oxygens (including phenoxy) is 2. The Balaban J connectivity index is 1.53. The number of urea groups is 1. The Morgan fingerprint density at radius 1 is 1.19 bits per heavy atom. The second-order valence-electron chi connectivity index (χ2n) is 7.39. The molecule has 3 N–H and O–H groups in total. The SMILES string of the molecule is NC(=O)NCC1(c2ccc(OCCCN3CCCC3)cc2)CCOCC1. The van der Waals surface area contributed by atoms with Crippen LogP contribution in [-0.4, -0.2) is 56.9 Å². The molecule has 0 atom stereocenters. The second-order valence-corrected chi connectivity index (χ2v) is 7.39. The standard InChI is InChI=1S/C20H31N3O3/c21-19(24)22-16-20(8-14-25-15-9-20)17-4-6-18(7-5-17)26-13-3-12-23-10-1-2-11-23/h4-7H,1-3,8-16H2,(H3,21,22,24). The molecule has 0 radical (unpaired) electrons. The molecule has 144 valence electrons. The summed E-state index contributed by atoms with van der Waals surface area (Å²) in [5.41, 5.74) is 6.38. The number of primary amides is 1. The van der Waals surface area contributed by atoms with Crippen molar-refractivity contribution in [1.82, 2.24) is 10.2 Å². The molecule has 3 rings (SSSR count). The number of hydrogen-bond acceptors (Lipinski definition) is 4. The number of benzene rings is 1. The summed E-state index contributed by atoms with van der Waals surface area (Å²) in [5.74, 6) is 0.903. The number of carbonyl (C=O) groups is 1. The van der Waals surface area contributed by atoms with E-state index >= 15 is 0 Å². The summed E-state index contributed by atoms with van der Waals surface area (Å²) in [6, 6.07) is 7.82. The highest BCUT2D eigenvalue weighted by atomic mass is 16.5. The molecule has 0 spiro atoms. The maximum Gasteiger partial charge on any atom is 0.312 e. The van der Waals surface area contributed by atoms with E-state index in [4.69, 9.17) is 15.2 Å². The predicted octanol–water partition coefficient (Wildman–Crippen LogP) is 2.27. The number of rotatable bonds is 8. The number of nitrogens with zero attached hydrogens (tertiary/aromatic N) is 1. The first kappa shape index (κ1) is 19.0. The van der Waals surface area contributed by atoms with Gasteiger partial charge in [-0.3, -0.25) is 0 Å². The zero-order valence-electron chi connectivity index (χ0n) is 15.5. The maximum absolute atomic E-state index is 11.2. The number of amides is 2. The predicted molar refractivity (Wildman–Crippen MR) is 102 cm³/mol. The van der Waals surface area contributed by atoms with Crippen LogP contribution in [0.15, 0.2) is 24.3 Å². The van der Waals surface area contributed by atoms with E-state index in [2.05, 4.69) is 22.3 Å². The molecule has 0 aliphatic carbocycles. The minimum absolute atomic E-state index is 0.110. The van der Waals surface area contributed by atoms with Crippen LogP contribution in [0.1, 0.15) is 37.7 Å². The summed E-state index contributed by atoms with van der Waals surface area (Å²) < 4.78 is 11.4. The van der Waals surface area contributed by atoms with Gasteiger partial charge >= 0.3 is 6.03 Å². The van der Waals surface area contributed by atoms with Gasteiger partial charge in [0.2, 0.25) is 0 Å². The summed E-state index contributed by atoms with van der Waals surface area (Å²) >= 11 is 0. The average Bonchev–Trinajstić information content (AvgIpc) is 3.18. The first-order valence-corrected chi connectivity index (χ1v) is 9.75. The molecule has 0 unspecified atom stereocenters. The average molecular weight is 361 g/mol. The smallest absolute Gasteiger partial charge is 0.312 e. The van der Waals surface area contributed by atoms with Crippen LogP contribution in [0.5, 0.6) is 5.75 Å². The van der Waals surface area contributed by atoms with Crippen LogP contribution in [0.3, 0.4) is 0 Å². The van der Waals surface area contributed by atoms with Crippen molar-refractivity contribution in [2.75, 3.05) is 46.0 Å². The van der Waals surface area contributed by atoms with Crippen molar-refractivity contribution in [3.63, 3.8) is 0 Å². The highest BCUT2D eigenvalue weighted by molar-refractivity contribution is 5.71. The fourth-order valence-corrected chi connectivity index (χ4v) is 3.98. The molecule has 2 amide bonds. The van der Waals surface area contributed by atoms with E-state index in [1.807, 2.05) is 12.1 Å². The van der Waals surface area contributed by atoms with Crippen LogP contribution in [0.25, 0.3) is 0 Å². The zero-order valence-corrected chi connectivity index (χ0v) is 15.5. The number of nitrogens with two attached hydrogens (primary N) is 1. The van der Waals surface area contributed by atoms with Crippen molar-refractivity contribution >= 4 is 6.03 Å². The molecule has 1 aromatic rings. The molecule has 2 aliphatic rings. The fraction of sp³-hybridized carbons (Fsp3) is 0.650. The van der Waals surface area contributed by atoms with E-state index in [9.17, 15) is 4.79 Å². The third-order valence-electron chi connectivity index (χ3n) is 5.60. The highest BCUT2D eigenvalue weighted by Gasteiger charge is 2.34. The minimum Gasteiger partial charge on any atom is -0.494 e. The van der Waals surface area contributed by atoms with E-state index in [-0.39, 0.29) is 5.41 Å². The van der Waals surface area contributed by atoms with Gasteiger partial charge < -0.3 is 25.4 Å². The van der Waals surface area contributed by atoms with Crippen molar-refractivity contribution in [1.29, 1.82) is 0 Å². The van der Waals surface area contributed by atoms with Crippen LogP contribution < -0.4 is 15.8 Å². The van der Waals surface area contributed by atoms with E-state index in [1.54, 1.807) is 0 Å². The Labute approximate surface area is 156 Å². The summed E-state index contributed by atoms with van der Waals surface area (Å²) in [7, 11) is 0. The third kappa shape index (κ3) is 5.11. The summed E-state index contributed by atoms with van der Waals surface area (Å²) in [6.45, 7) is 6.30. The summed E-state index contributed by atoms with van der Waals surface area (Å²) in [6.07, 6.45) is 5.48. The molecule has 0 bridgehead atoms. The van der Waals surface area contributed by atoms with Gasteiger partial charge in [-0.1, -0.05) is 12.1 Å². The Bertz CT molecular complexity index is 564. The summed E-state index contributed by atoms with van der Waals surface area (Å²) in [5, 5.41) is 2.79. The molecule has 0 saturated carbocycles. The Kier molecular flexibility index (Phi) is 6.74. The Morgan fingerprint density at radius 2 is 1.88 bits per heavy atom. The highest BCUT2D eigenvalue weighted by Crippen LogP contribution is 2.35. The van der Waals surface area contributed by atoms with Gasteiger partial charge in [0.1, 0.15) is 5.75 Å². The Hall–Kier alpha value is -1.79. The third-order valence-corrected chi connectivity index (χ3v) is 5.60. The van der Waals surface area contributed by atoms with Gasteiger partial charge in [0, 0.05) is 31.7 Å². The number of carbonyl (C=O) groups excluding carboxylic acids is 1. The molecule has 6 heteroatoms. The van der Waals surface area contributed by atoms with E-state index < -0.39 is 6.03 Å². The molecule has 2 heterocycles. The topological polar surface area (TPSA) is 76.8 Å². The van der Waals surface area contributed by atoms with Gasteiger partial charge in [-0.05, 0) is 62.9 Å². The zero-order chi connectivity index (χ0) is 18.2. The lowest BCUT2D eigenvalue weighted by molar-refractivity contribution is 0.0508. The normalized spacial score (nSPS) is 20.0. The van der Waals surface area contributed by atoms with Gasteiger partial charge in [-0.15, -0.1) is 0 Å².